The number of nitrogen functional groups attached to an aromatic ring is 1. The van der Waals surface area contributed by atoms with Gasteiger partial charge in [0, 0.05) is 54.9 Å². The molecular formula is C23H24F3N7O2. The summed E-state index contributed by atoms with van der Waals surface area (Å²) < 4.78 is 43.9. The van der Waals surface area contributed by atoms with Crippen LogP contribution >= 0.6 is 0 Å². The number of rotatable bonds is 4. The summed E-state index contributed by atoms with van der Waals surface area (Å²) in [5.41, 5.74) is 8.02. The van der Waals surface area contributed by atoms with Crippen LogP contribution < -0.4 is 15.8 Å². The van der Waals surface area contributed by atoms with Gasteiger partial charge in [0.1, 0.15) is 0 Å². The number of likely N-dealkylation sites (tertiary alicyclic amines) is 1. The Morgan fingerprint density at radius 2 is 2.06 bits per heavy atom. The molecule has 5 rings (SSSR count). The van der Waals surface area contributed by atoms with Crippen molar-refractivity contribution >= 4 is 11.8 Å². The Morgan fingerprint density at radius 1 is 1.26 bits per heavy atom. The predicted molar refractivity (Wildman–Crippen MR) is 120 cm³/mol. The number of halogens is 3. The van der Waals surface area contributed by atoms with E-state index < -0.39 is 12.1 Å². The molecule has 0 bridgehead atoms. The second kappa shape index (κ2) is 8.43. The van der Waals surface area contributed by atoms with Crippen LogP contribution in [-0.2, 0) is 12.0 Å². The highest BCUT2D eigenvalue weighted by molar-refractivity contribution is 5.75. The lowest BCUT2D eigenvalue weighted by Crippen LogP contribution is -2.41. The molecule has 1 spiro atoms. The molecule has 184 valence electrons. The second-order valence-electron chi connectivity index (χ2n) is 8.95. The number of carbonyl (C=O) groups is 1. The van der Waals surface area contributed by atoms with E-state index in [9.17, 15) is 18.0 Å². The molecule has 0 aliphatic carbocycles. The number of alkyl halides is 3. The number of ether oxygens (including phenoxy) is 1. The Bertz CT molecular complexity index is 1250. The monoisotopic (exact) mass is 487 g/mol. The number of urea groups is 1. The zero-order chi connectivity index (χ0) is 24.8. The van der Waals surface area contributed by atoms with Crippen molar-refractivity contribution in [1.82, 2.24) is 30.0 Å². The third-order valence-electron chi connectivity index (χ3n) is 6.69. The SMILES string of the molecule is C[C@H](NC(=O)N1CCC2(CCn3nc(-c4cnc(N)c(OC(F)(F)F)c4)cc32)C1)c1cccnc1. The number of anilines is 1. The Hall–Kier alpha value is -3.83. The van der Waals surface area contributed by atoms with E-state index in [2.05, 4.69) is 25.1 Å². The Labute approximate surface area is 199 Å². The average molecular weight is 487 g/mol. The maximum absolute atomic E-state index is 12.9. The summed E-state index contributed by atoms with van der Waals surface area (Å²) in [5.74, 6) is -0.920. The molecule has 3 N–H and O–H groups in total. The minimum atomic E-state index is -4.88. The maximum Gasteiger partial charge on any atom is 0.573 e. The van der Waals surface area contributed by atoms with Gasteiger partial charge in [-0.15, -0.1) is 13.2 Å². The first kappa shape index (κ1) is 22.9. The third-order valence-corrected chi connectivity index (χ3v) is 6.69. The molecule has 9 nitrogen and oxygen atoms in total. The van der Waals surface area contributed by atoms with Crippen LogP contribution in [0, 0.1) is 0 Å². The Balaban J connectivity index is 1.32. The van der Waals surface area contributed by atoms with Crippen LogP contribution in [0.25, 0.3) is 11.3 Å². The number of aromatic nitrogens is 4. The lowest BCUT2D eigenvalue weighted by atomic mass is 9.82. The van der Waals surface area contributed by atoms with Crippen molar-refractivity contribution in [1.29, 1.82) is 0 Å². The largest absolute Gasteiger partial charge is 0.573 e. The first-order valence-corrected chi connectivity index (χ1v) is 11.2. The number of nitrogens with zero attached hydrogens (tertiary/aromatic N) is 5. The van der Waals surface area contributed by atoms with Gasteiger partial charge >= 0.3 is 12.4 Å². The number of hydrogen-bond donors (Lipinski definition) is 2. The van der Waals surface area contributed by atoms with Gasteiger partial charge in [-0.05, 0) is 43.5 Å². The zero-order valence-electron chi connectivity index (χ0n) is 18.9. The summed E-state index contributed by atoms with van der Waals surface area (Å²) in [6.45, 7) is 3.70. The fraction of sp³-hybridized carbons (Fsp3) is 0.391. The average Bonchev–Trinajstić information content (AvgIpc) is 3.52. The Morgan fingerprint density at radius 3 is 2.80 bits per heavy atom. The van der Waals surface area contributed by atoms with Gasteiger partial charge in [-0.25, -0.2) is 9.78 Å². The molecule has 0 radical (unpaired) electrons. The summed E-state index contributed by atoms with van der Waals surface area (Å²) in [4.78, 5) is 22.7. The molecule has 5 heterocycles. The van der Waals surface area contributed by atoms with Gasteiger partial charge in [-0.1, -0.05) is 6.07 Å². The van der Waals surface area contributed by atoms with Gasteiger partial charge in [0.2, 0.25) is 0 Å². The van der Waals surface area contributed by atoms with Crippen LogP contribution in [0.1, 0.15) is 37.1 Å². The van der Waals surface area contributed by atoms with Crippen LogP contribution in [0.3, 0.4) is 0 Å². The molecule has 2 aliphatic rings. The van der Waals surface area contributed by atoms with E-state index >= 15 is 0 Å². The van der Waals surface area contributed by atoms with Crippen LogP contribution in [-0.4, -0.2) is 50.1 Å². The van der Waals surface area contributed by atoms with Crippen molar-refractivity contribution in [2.75, 3.05) is 18.8 Å². The van der Waals surface area contributed by atoms with Crippen LogP contribution in [0.5, 0.6) is 5.75 Å². The molecule has 2 amide bonds. The number of nitrogens with one attached hydrogen (secondary N) is 1. The normalized spacial score (nSPS) is 20.2. The lowest BCUT2D eigenvalue weighted by molar-refractivity contribution is -0.274. The van der Waals surface area contributed by atoms with E-state index in [0.29, 0.717) is 30.9 Å². The summed E-state index contributed by atoms with van der Waals surface area (Å²) in [5, 5.41) is 7.61. The summed E-state index contributed by atoms with van der Waals surface area (Å²) in [6, 6.07) is 6.46. The molecule has 35 heavy (non-hydrogen) atoms. The van der Waals surface area contributed by atoms with Crippen molar-refractivity contribution in [3.63, 3.8) is 0 Å². The van der Waals surface area contributed by atoms with E-state index in [1.54, 1.807) is 17.3 Å². The van der Waals surface area contributed by atoms with Crippen molar-refractivity contribution in [2.45, 2.75) is 44.1 Å². The first-order chi connectivity index (χ1) is 16.6. The minimum absolute atomic E-state index is 0.145. The molecule has 2 aliphatic heterocycles. The summed E-state index contributed by atoms with van der Waals surface area (Å²) in [6.07, 6.45) is 1.51. The summed E-state index contributed by atoms with van der Waals surface area (Å²) >= 11 is 0. The molecule has 0 saturated carbocycles. The second-order valence-corrected chi connectivity index (χ2v) is 8.95. The van der Waals surface area contributed by atoms with Gasteiger partial charge < -0.3 is 20.7 Å². The van der Waals surface area contributed by atoms with Crippen LogP contribution in [0.15, 0.2) is 42.9 Å². The molecule has 2 atom stereocenters. The van der Waals surface area contributed by atoms with Gasteiger partial charge in [0.05, 0.1) is 11.7 Å². The summed E-state index contributed by atoms with van der Waals surface area (Å²) in [7, 11) is 0. The molecule has 1 saturated heterocycles. The van der Waals surface area contributed by atoms with Crippen molar-refractivity contribution in [3.8, 4) is 17.0 Å². The highest BCUT2D eigenvalue weighted by atomic mass is 19.4. The fourth-order valence-corrected chi connectivity index (χ4v) is 4.86. The van der Waals surface area contributed by atoms with E-state index in [-0.39, 0.29) is 23.3 Å². The fourth-order valence-electron chi connectivity index (χ4n) is 4.86. The number of fused-ring (bicyclic) bond motifs is 2. The molecule has 12 heteroatoms. The molecule has 3 aromatic rings. The Kier molecular flexibility index (Phi) is 5.53. The van der Waals surface area contributed by atoms with Crippen molar-refractivity contribution < 1.29 is 22.7 Å². The first-order valence-electron chi connectivity index (χ1n) is 11.2. The van der Waals surface area contributed by atoms with Gasteiger partial charge in [0.15, 0.2) is 11.6 Å². The number of pyridine rings is 2. The standard InChI is InChI=1S/C23H24F3N7O2/c1-14(15-3-2-6-28-11-15)30-21(34)32-7-4-22(13-32)5-8-33-19(22)10-17(31-33)16-9-18(20(27)29-12-16)35-23(24,25)26/h2-3,6,9-12,14H,4-5,7-8,13H2,1H3,(H2,27,29)(H,30,34)/t14-,22?/m0/s1. The third kappa shape index (κ3) is 4.47. The number of amides is 2. The maximum atomic E-state index is 12.9. The van der Waals surface area contributed by atoms with E-state index in [1.807, 2.05) is 29.8 Å². The van der Waals surface area contributed by atoms with Crippen molar-refractivity contribution in [2.24, 2.45) is 0 Å². The highest BCUT2D eigenvalue weighted by Gasteiger charge is 2.47. The van der Waals surface area contributed by atoms with Crippen LogP contribution in [0.4, 0.5) is 23.8 Å². The van der Waals surface area contributed by atoms with Crippen LogP contribution in [0.2, 0.25) is 0 Å². The van der Waals surface area contributed by atoms with Crippen molar-refractivity contribution in [3.05, 3.63) is 54.1 Å². The molecule has 1 fully saturated rings. The molecule has 3 aromatic heterocycles. The number of aryl methyl sites for hydroxylation is 1. The minimum Gasteiger partial charge on any atom is -0.402 e. The highest BCUT2D eigenvalue weighted by Crippen LogP contribution is 2.44. The van der Waals surface area contributed by atoms with E-state index in [4.69, 9.17) is 5.73 Å². The number of hydrogen-bond acceptors (Lipinski definition) is 6. The number of nitrogens with two attached hydrogens (primary N) is 1. The topological polar surface area (TPSA) is 111 Å². The number of carbonyl (C=O) groups excluding carboxylic acids is 1. The quantitative estimate of drug-likeness (QED) is 0.581. The molecule has 1 unspecified atom stereocenters. The van der Waals surface area contributed by atoms with E-state index in [1.165, 1.54) is 12.3 Å². The predicted octanol–water partition coefficient (Wildman–Crippen LogP) is 3.64. The molecular weight excluding hydrogens is 463 g/mol. The van der Waals surface area contributed by atoms with Gasteiger partial charge in [-0.3, -0.25) is 9.67 Å². The smallest absolute Gasteiger partial charge is 0.402 e. The van der Waals surface area contributed by atoms with E-state index in [0.717, 1.165) is 24.1 Å². The van der Waals surface area contributed by atoms with Gasteiger partial charge in [0.25, 0.3) is 0 Å². The zero-order valence-corrected chi connectivity index (χ0v) is 18.9. The van der Waals surface area contributed by atoms with Gasteiger partial charge in [-0.2, -0.15) is 5.10 Å². The lowest BCUT2D eigenvalue weighted by Gasteiger charge is -2.25. The molecule has 0 aromatic carbocycles.